The van der Waals surface area contributed by atoms with Crippen molar-refractivity contribution in [2.45, 2.75) is 6.42 Å². The van der Waals surface area contributed by atoms with Crippen LogP contribution in [0.25, 0.3) is 10.9 Å². The van der Waals surface area contributed by atoms with Gasteiger partial charge in [0.15, 0.2) is 5.96 Å². The Bertz CT molecular complexity index is 950. The molecule has 3 aromatic rings. The zero-order chi connectivity index (χ0) is 19.1. The smallest absolute Gasteiger partial charge is 0.243 e. The van der Waals surface area contributed by atoms with E-state index in [1.165, 1.54) is 23.1 Å². The van der Waals surface area contributed by atoms with Crippen LogP contribution in [0.5, 0.6) is 0 Å². The highest BCUT2D eigenvalue weighted by molar-refractivity contribution is 5.95. The zero-order valence-electron chi connectivity index (χ0n) is 15.1. The Labute approximate surface area is 156 Å². The van der Waals surface area contributed by atoms with Gasteiger partial charge in [-0.2, -0.15) is 0 Å². The van der Waals surface area contributed by atoms with Crippen LogP contribution in [-0.4, -0.2) is 37.0 Å². The van der Waals surface area contributed by atoms with E-state index < -0.39 is 5.82 Å². The molecule has 0 fully saturated rings. The van der Waals surface area contributed by atoms with Crippen molar-refractivity contribution in [3.8, 4) is 0 Å². The summed E-state index contributed by atoms with van der Waals surface area (Å²) in [4.78, 5) is 19.3. The first-order chi connectivity index (χ1) is 13.2. The van der Waals surface area contributed by atoms with Crippen LogP contribution in [0.4, 0.5) is 10.1 Å². The van der Waals surface area contributed by atoms with E-state index >= 15 is 0 Å². The molecule has 6 nitrogen and oxygen atoms in total. The lowest BCUT2D eigenvalue weighted by atomic mass is 10.1. The van der Waals surface area contributed by atoms with E-state index in [1.54, 1.807) is 19.2 Å². The molecule has 0 aliphatic heterocycles. The van der Waals surface area contributed by atoms with Gasteiger partial charge >= 0.3 is 0 Å². The fourth-order valence-corrected chi connectivity index (χ4v) is 2.81. The first kappa shape index (κ1) is 18.4. The number of amides is 1. The lowest BCUT2D eigenvalue weighted by Gasteiger charge is -2.12. The predicted octanol–water partition coefficient (Wildman–Crippen LogP) is 2.65. The van der Waals surface area contributed by atoms with Crippen LogP contribution in [0.15, 0.2) is 59.7 Å². The predicted molar refractivity (Wildman–Crippen MR) is 106 cm³/mol. The number of para-hydroxylation sites is 1. The lowest BCUT2D eigenvalue weighted by molar-refractivity contribution is -0.115. The molecule has 0 aliphatic rings. The summed E-state index contributed by atoms with van der Waals surface area (Å²) in [5.74, 6) is -0.139. The molecule has 0 unspecified atom stereocenters. The van der Waals surface area contributed by atoms with Gasteiger partial charge in [-0.15, -0.1) is 0 Å². The van der Waals surface area contributed by atoms with Gasteiger partial charge < -0.3 is 20.9 Å². The molecule has 0 saturated carbocycles. The van der Waals surface area contributed by atoms with Gasteiger partial charge in [-0.25, -0.2) is 4.39 Å². The van der Waals surface area contributed by atoms with E-state index in [-0.39, 0.29) is 12.5 Å². The minimum Gasteiger partial charge on any atom is -0.361 e. The summed E-state index contributed by atoms with van der Waals surface area (Å²) in [7, 11) is 1.64. The molecule has 140 valence electrons. The van der Waals surface area contributed by atoms with Gasteiger partial charge in [0.1, 0.15) is 5.82 Å². The number of rotatable bonds is 6. The maximum atomic E-state index is 13.1. The Hall–Kier alpha value is -3.35. The van der Waals surface area contributed by atoms with E-state index in [9.17, 15) is 9.18 Å². The number of nitrogens with zero attached hydrogens (tertiary/aromatic N) is 1. The van der Waals surface area contributed by atoms with Crippen molar-refractivity contribution < 1.29 is 9.18 Å². The summed E-state index contributed by atoms with van der Waals surface area (Å²) in [6.45, 7) is 0.705. The standard InChI is InChI=1S/C20H22FN5O/c1-22-20(25-13-19(27)26-16-6-4-5-15(21)11-16)23-10-9-14-12-24-18-8-3-2-7-17(14)18/h2-8,11-12,24H,9-10,13H2,1H3,(H,26,27)(H2,22,23,25). The van der Waals surface area contributed by atoms with Gasteiger partial charge in [0, 0.05) is 36.4 Å². The van der Waals surface area contributed by atoms with Gasteiger partial charge in [0.05, 0.1) is 6.54 Å². The molecule has 0 atom stereocenters. The van der Waals surface area contributed by atoms with E-state index in [0.29, 0.717) is 18.2 Å². The van der Waals surface area contributed by atoms with Crippen molar-refractivity contribution in [2.24, 2.45) is 4.99 Å². The van der Waals surface area contributed by atoms with E-state index in [2.05, 4.69) is 32.0 Å². The zero-order valence-corrected chi connectivity index (χ0v) is 15.1. The van der Waals surface area contributed by atoms with Crippen molar-refractivity contribution in [1.82, 2.24) is 15.6 Å². The molecule has 1 amide bonds. The summed E-state index contributed by atoms with van der Waals surface area (Å²) < 4.78 is 13.1. The minimum absolute atomic E-state index is 0.0310. The van der Waals surface area contributed by atoms with Crippen LogP contribution < -0.4 is 16.0 Å². The highest BCUT2D eigenvalue weighted by Crippen LogP contribution is 2.17. The van der Waals surface area contributed by atoms with Crippen LogP contribution in [0.2, 0.25) is 0 Å². The van der Waals surface area contributed by atoms with E-state index in [4.69, 9.17) is 0 Å². The Morgan fingerprint density at radius 3 is 2.81 bits per heavy atom. The number of guanidine groups is 1. The monoisotopic (exact) mass is 367 g/mol. The number of H-pyrrole nitrogens is 1. The number of hydrogen-bond donors (Lipinski definition) is 4. The quantitative estimate of drug-likeness (QED) is 0.399. The van der Waals surface area contributed by atoms with Crippen LogP contribution in [-0.2, 0) is 11.2 Å². The molecule has 27 heavy (non-hydrogen) atoms. The van der Waals surface area contributed by atoms with Gasteiger partial charge in [-0.3, -0.25) is 9.79 Å². The van der Waals surface area contributed by atoms with E-state index in [1.807, 2.05) is 24.4 Å². The molecule has 0 bridgehead atoms. The first-order valence-electron chi connectivity index (χ1n) is 8.70. The fourth-order valence-electron chi connectivity index (χ4n) is 2.81. The Morgan fingerprint density at radius 1 is 1.15 bits per heavy atom. The minimum atomic E-state index is -0.393. The third-order valence-electron chi connectivity index (χ3n) is 4.11. The van der Waals surface area contributed by atoms with Crippen molar-refractivity contribution in [3.05, 3.63) is 66.1 Å². The van der Waals surface area contributed by atoms with E-state index in [0.717, 1.165) is 11.9 Å². The average Bonchev–Trinajstić information content (AvgIpc) is 3.08. The first-order valence-corrected chi connectivity index (χ1v) is 8.70. The molecule has 0 radical (unpaired) electrons. The Kier molecular flexibility index (Phi) is 6.04. The summed E-state index contributed by atoms with van der Waals surface area (Å²) >= 11 is 0. The highest BCUT2D eigenvalue weighted by atomic mass is 19.1. The Morgan fingerprint density at radius 2 is 2.00 bits per heavy atom. The second kappa shape index (κ2) is 8.84. The van der Waals surface area contributed by atoms with Crippen molar-refractivity contribution in [2.75, 3.05) is 25.5 Å². The van der Waals surface area contributed by atoms with Crippen LogP contribution in [0.1, 0.15) is 5.56 Å². The van der Waals surface area contributed by atoms with Gasteiger partial charge in [-0.1, -0.05) is 24.3 Å². The third kappa shape index (κ3) is 5.07. The maximum Gasteiger partial charge on any atom is 0.243 e. The number of carbonyl (C=O) groups excluding carboxylic acids is 1. The number of aliphatic imine (C=N–C) groups is 1. The summed E-state index contributed by atoms with van der Waals surface area (Å²) in [5.41, 5.74) is 2.76. The molecule has 2 aromatic carbocycles. The molecule has 0 aliphatic carbocycles. The molecule has 0 spiro atoms. The number of aromatic amines is 1. The second-order valence-electron chi connectivity index (χ2n) is 6.02. The molecule has 3 rings (SSSR count). The number of fused-ring (bicyclic) bond motifs is 1. The lowest BCUT2D eigenvalue weighted by Crippen LogP contribution is -2.42. The SMILES string of the molecule is CN=C(NCCc1c[nH]c2ccccc12)NCC(=O)Nc1cccc(F)c1. The van der Waals surface area contributed by atoms with Crippen LogP contribution >= 0.6 is 0 Å². The normalized spacial score (nSPS) is 11.4. The number of benzene rings is 2. The molecule has 1 aromatic heterocycles. The summed E-state index contributed by atoms with van der Waals surface area (Å²) in [5, 5.41) is 9.97. The fraction of sp³-hybridized carbons (Fsp3) is 0.200. The number of carbonyl (C=O) groups is 1. The molecule has 7 heteroatoms. The topological polar surface area (TPSA) is 81.3 Å². The molecular formula is C20H22FN5O. The maximum absolute atomic E-state index is 13.1. The summed E-state index contributed by atoms with van der Waals surface area (Å²) in [6.07, 6.45) is 2.83. The molecule has 4 N–H and O–H groups in total. The van der Waals surface area contributed by atoms with Gasteiger partial charge in [-0.05, 0) is 36.2 Å². The van der Waals surface area contributed by atoms with Gasteiger partial charge in [0.25, 0.3) is 0 Å². The number of halogens is 1. The number of anilines is 1. The highest BCUT2D eigenvalue weighted by Gasteiger charge is 2.06. The third-order valence-corrected chi connectivity index (χ3v) is 4.11. The van der Waals surface area contributed by atoms with Crippen LogP contribution in [0, 0.1) is 5.82 Å². The molecular weight excluding hydrogens is 345 g/mol. The largest absolute Gasteiger partial charge is 0.361 e. The van der Waals surface area contributed by atoms with Crippen LogP contribution in [0.3, 0.4) is 0 Å². The second-order valence-corrected chi connectivity index (χ2v) is 6.02. The van der Waals surface area contributed by atoms with Gasteiger partial charge in [0.2, 0.25) is 5.91 Å². The molecule has 0 saturated heterocycles. The molecule has 1 heterocycles. The number of aromatic nitrogens is 1. The summed E-state index contributed by atoms with van der Waals surface area (Å²) in [6, 6.07) is 13.9. The van der Waals surface area contributed by atoms with Crippen molar-refractivity contribution >= 4 is 28.5 Å². The van der Waals surface area contributed by atoms with Crippen molar-refractivity contribution in [3.63, 3.8) is 0 Å². The number of nitrogens with one attached hydrogen (secondary N) is 4. The average molecular weight is 367 g/mol. The Balaban J connectivity index is 1.44. The number of hydrogen-bond acceptors (Lipinski definition) is 2. The van der Waals surface area contributed by atoms with Crippen molar-refractivity contribution in [1.29, 1.82) is 0 Å².